The molecule has 1 N–H and O–H groups in total. The van der Waals surface area contributed by atoms with Gasteiger partial charge < -0.3 is 9.30 Å². The fourth-order valence-corrected chi connectivity index (χ4v) is 5.32. The van der Waals surface area contributed by atoms with Gasteiger partial charge in [-0.15, -0.1) is 10.2 Å². The Labute approximate surface area is 196 Å². The quantitative estimate of drug-likeness (QED) is 0.323. The number of thioether (sulfide) groups is 1. The Balaban J connectivity index is 1.91. The van der Waals surface area contributed by atoms with Crippen LogP contribution < -0.4 is 4.72 Å². The predicted octanol–water partition coefficient (Wildman–Crippen LogP) is 3.35. The highest BCUT2D eigenvalue weighted by Gasteiger charge is 2.27. The molecular formula is C22H25FN4O4S2. The average Bonchev–Trinajstić information content (AvgIpc) is 3.22. The van der Waals surface area contributed by atoms with E-state index in [0.29, 0.717) is 29.7 Å². The fraction of sp³-hybridized carbons (Fsp3) is 0.318. The second-order valence-electron chi connectivity index (χ2n) is 7.08. The van der Waals surface area contributed by atoms with Gasteiger partial charge in [0.15, 0.2) is 11.0 Å². The van der Waals surface area contributed by atoms with Crippen molar-refractivity contribution in [1.82, 2.24) is 19.5 Å². The van der Waals surface area contributed by atoms with Crippen LogP contribution >= 0.6 is 11.8 Å². The van der Waals surface area contributed by atoms with Gasteiger partial charge in [0.2, 0.25) is 10.0 Å². The van der Waals surface area contributed by atoms with Gasteiger partial charge in [0, 0.05) is 12.3 Å². The smallest absolute Gasteiger partial charge is 0.306 e. The second-order valence-corrected chi connectivity index (χ2v) is 9.85. The van der Waals surface area contributed by atoms with Crippen LogP contribution in [0.3, 0.4) is 0 Å². The molecule has 3 aromatic rings. The van der Waals surface area contributed by atoms with E-state index in [0.717, 1.165) is 17.7 Å². The van der Waals surface area contributed by atoms with Gasteiger partial charge in [-0.3, -0.25) is 4.79 Å². The van der Waals surface area contributed by atoms with E-state index in [4.69, 9.17) is 0 Å². The van der Waals surface area contributed by atoms with E-state index >= 15 is 0 Å². The maximum atomic E-state index is 13.3. The van der Waals surface area contributed by atoms with E-state index in [-0.39, 0.29) is 17.3 Å². The lowest BCUT2D eigenvalue weighted by Gasteiger charge is -2.19. The van der Waals surface area contributed by atoms with Gasteiger partial charge in [0.25, 0.3) is 0 Å². The van der Waals surface area contributed by atoms with E-state index < -0.39 is 21.9 Å². The maximum Gasteiger partial charge on any atom is 0.306 e. The van der Waals surface area contributed by atoms with Crippen molar-refractivity contribution in [2.24, 2.45) is 0 Å². The summed E-state index contributed by atoms with van der Waals surface area (Å²) < 4.78 is 48.6. The molecule has 0 unspecified atom stereocenters. The zero-order valence-corrected chi connectivity index (χ0v) is 19.9. The number of hydrogen-bond acceptors (Lipinski definition) is 7. The minimum absolute atomic E-state index is 0.0443. The van der Waals surface area contributed by atoms with Crippen molar-refractivity contribution < 1.29 is 22.3 Å². The zero-order chi connectivity index (χ0) is 23.8. The Kier molecular flexibility index (Phi) is 8.59. The molecule has 33 heavy (non-hydrogen) atoms. The maximum absolute atomic E-state index is 13.3. The first-order valence-corrected chi connectivity index (χ1v) is 12.8. The number of sulfonamides is 1. The van der Waals surface area contributed by atoms with Crippen molar-refractivity contribution in [2.75, 3.05) is 12.9 Å². The van der Waals surface area contributed by atoms with Gasteiger partial charge in [-0.05, 0) is 43.2 Å². The Morgan fingerprint density at radius 2 is 1.85 bits per heavy atom. The summed E-state index contributed by atoms with van der Waals surface area (Å²) in [6, 6.07) is 13.4. The van der Waals surface area contributed by atoms with E-state index in [1.807, 2.05) is 41.8 Å². The predicted molar refractivity (Wildman–Crippen MR) is 123 cm³/mol. The molecule has 0 amide bonds. The molecule has 2 aromatic carbocycles. The Morgan fingerprint density at radius 1 is 1.15 bits per heavy atom. The number of halogens is 1. The van der Waals surface area contributed by atoms with Crippen LogP contribution in [0, 0.1) is 5.82 Å². The van der Waals surface area contributed by atoms with Crippen LogP contribution in [0.1, 0.15) is 30.8 Å². The van der Waals surface area contributed by atoms with Crippen molar-refractivity contribution in [1.29, 1.82) is 0 Å². The third-order valence-corrected chi connectivity index (χ3v) is 7.30. The molecule has 1 atom stereocenters. The summed E-state index contributed by atoms with van der Waals surface area (Å²) in [6.07, 6.45) is 0.559. The lowest BCUT2D eigenvalue weighted by atomic mass is 10.1. The molecular weight excluding hydrogens is 467 g/mol. The van der Waals surface area contributed by atoms with Crippen molar-refractivity contribution >= 4 is 27.8 Å². The van der Waals surface area contributed by atoms with Gasteiger partial charge in [-0.2, -0.15) is 0 Å². The van der Waals surface area contributed by atoms with E-state index in [1.54, 1.807) is 0 Å². The third-order valence-electron chi connectivity index (χ3n) is 4.84. The highest BCUT2D eigenvalue weighted by atomic mass is 32.2. The number of esters is 1. The van der Waals surface area contributed by atoms with Gasteiger partial charge >= 0.3 is 5.97 Å². The van der Waals surface area contributed by atoms with Crippen LogP contribution in [0.2, 0.25) is 0 Å². The van der Waals surface area contributed by atoms with E-state index in [1.165, 1.54) is 31.0 Å². The third kappa shape index (κ3) is 6.62. The summed E-state index contributed by atoms with van der Waals surface area (Å²) in [5.74, 6) is 0.0659. The highest BCUT2D eigenvalue weighted by molar-refractivity contribution is 7.99. The zero-order valence-electron chi connectivity index (χ0n) is 18.3. The lowest BCUT2D eigenvalue weighted by Crippen LogP contribution is -2.32. The van der Waals surface area contributed by atoms with Crippen LogP contribution in [0.15, 0.2) is 64.6 Å². The number of ether oxygens (including phenoxy) is 1. The summed E-state index contributed by atoms with van der Waals surface area (Å²) in [7, 11) is -2.62. The molecule has 176 valence electrons. The Morgan fingerprint density at radius 3 is 2.48 bits per heavy atom. The SMILES string of the molecule is CCn1c(SCCC(=O)OC)nnc1[C@@H](Cc1ccccc1)NS(=O)(=O)c1ccc(F)cc1. The van der Waals surface area contributed by atoms with Crippen molar-refractivity contribution in [3.8, 4) is 0 Å². The summed E-state index contributed by atoms with van der Waals surface area (Å²) in [4.78, 5) is 11.4. The molecule has 0 aliphatic carbocycles. The van der Waals surface area contributed by atoms with Crippen LogP contribution in [0.4, 0.5) is 4.39 Å². The van der Waals surface area contributed by atoms with Crippen LogP contribution in [0.25, 0.3) is 0 Å². The van der Waals surface area contributed by atoms with Crippen molar-refractivity contribution in [3.05, 3.63) is 71.8 Å². The van der Waals surface area contributed by atoms with Crippen molar-refractivity contribution in [3.63, 3.8) is 0 Å². The molecule has 0 aliphatic heterocycles. The summed E-state index contributed by atoms with van der Waals surface area (Å²) in [6.45, 7) is 2.41. The Bertz CT molecular complexity index is 1170. The topological polar surface area (TPSA) is 103 Å². The number of nitrogens with zero attached hydrogens (tertiary/aromatic N) is 3. The number of rotatable bonds is 11. The van der Waals surface area contributed by atoms with Crippen molar-refractivity contribution in [2.45, 2.75) is 42.4 Å². The van der Waals surface area contributed by atoms with Crippen LogP contribution in [-0.4, -0.2) is 42.0 Å². The first-order chi connectivity index (χ1) is 15.8. The summed E-state index contributed by atoms with van der Waals surface area (Å²) in [5.41, 5.74) is 0.912. The molecule has 0 fully saturated rings. The van der Waals surface area contributed by atoms with Crippen LogP contribution in [0.5, 0.6) is 0 Å². The van der Waals surface area contributed by atoms with E-state index in [2.05, 4.69) is 19.7 Å². The molecule has 0 radical (unpaired) electrons. The first kappa shape index (κ1) is 24.9. The monoisotopic (exact) mass is 492 g/mol. The first-order valence-electron chi connectivity index (χ1n) is 10.3. The Hall–Kier alpha value is -2.76. The minimum atomic E-state index is -3.96. The second kappa shape index (κ2) is 11.4. The number of methoxy groups -OCH3 is 1. The summed E-state index contributed by atoms with van der Waals surface area (Å²) >= 11 is 1.35. The number of aromatic nitrogens is 3. The molecule has 0 bridgehead atoms. The standard InChI is InChI=1S/C22H25FN4O4S2/c1-3-27-21(24-25-22(27)32-14-13-20(28)31-2)19(15-16-7-5-4-6-8-16)26-33(29,30)18-11-9-17(23)10-12-18/h4-12,19,26H,3,13-15H2,1-2H3/t19-/m1/s1. The highest BCUT2D eigenvalue weighted by Crippen LogP contribution is 2.25. The largest absolute Gasteiger partial charge is 0.469 e. The lowest BCUT2D eigenvalue weighted by molar-refractivity contribution is -0.140. The molecule has 3 rings (SSSR count). The molecule has 0 aliphatic rings. The molecule has 8 nitrogen and oxygen atoms in total. The molecule has 0 saturated carbocycles. The molecule has 1 heterocycles. The van der Waals surface area contributed by atoms with Gasteiger partial charge in [-0.1, -0.05) is 42.1 Å². The number of nitrogens with one attached hydrogen (secondary N) is 1. The number of carbonyl (C=O) groups excluding carboxylic acids is 1. The fourth-order valence-electron chi connectivity index (χ4n) is 3.19. The molecule has 0 spiro atoms. The molecule has 11 heteroatoms. The number of benzene rings is 2. The van der Waals surface area contributed by atoms with Crippen LogP contribution in [-0.2, 0) is 32.5 Å². The van der Waals surface area contributed by atoms with Gasteiger partial charge in [0.1, 0.15) is 5.82 Å². The number of hydrogen-bond donors (Lipinski definition) is 1. The average molecular weight is 493 g/mol. The summed E-state index contributed by atoms with van der Waals surface area (Å²) in [5, 5.41) is 9.09. The van der Waals surface area contributed by atoms with Gasteiger partial charge in [0.05, 0.1) is 24.5 Å². The molecule has 1 aromatic heterocycles. The normalized spacial score (nSPS) is 12.5. The minimum Gasteiger partial charge on any atom is -0.469 e. The van der Waals surface area contributed by atoms with Gasteiger partial charge in [-0.25, -0.2) is 17.5 Å². The molecule has 0 saturated heterocycles. The van der Waals surface area contributed by atoms with E-state index in [9.17, 15) is 17.6 Å². The number of carbonyl (C=O) groups is 1.